The second-order valence-corrected chi connectivity index (χ2v) is 4.43. The van der Waals surface area contributed by atoms with E-state index in [2.05, 4.69) is 0 Å². The van der Waals surface area contributed by atoms with Gasteiger partial charge in [-0.3, -0.25) is 10.1 Å². The van der Waals surface area contributed by atoms with Crippen LogP contribution in [0.4, 0.5) is 5.69 Å². The number of nitro groups is 1. The van der Waals surface area contributed by atoms with Crippen molar-refractivity contribution in [1.29, 1.82) is 0 Å². The fourth-order valence-corrected chi connectivity index (χ4v) is 1.57. The van der Waals surface area contributed by atoms with Crippen LogP contribution in [0.15, 0.2) is 24.3 Å². The van der Waals surface area contributed by atoms with Crippen molar-refractivity contribution in [2.75, 3.05) is 60.0 Å². The molecule has 0 radical (unpaired) electrons. The molecule has 0 bridgehead atoms. The SMILES string of the molecule is COCCOCCOCCOCCOc1ccc([N+](=O)[O-])cc1. The first kappa shape index (κ1) is 19.3. The number of non-ortho nitro benzene ring substituents is 1. The van der Waals surface area contributed by atoms with E-state index in [1.54, 1.807) is 19.2 Å². The minimum atomic E-state index is -0.449. The third-order valence-corrected chi connectivity index (χ3v) is 2.72. The lowest BCUT2D eigenvalue weighted by atomic mass is 10.3. The second kappa shape index (κ2) is 12.8. The van der Waals surface area contributed by atoms with Crippen LogP contribution in [0.1, 0.15) is 0 Å². The van der Waals surface area contributed by atoms with Gasteiger partial charge in [0.2, 0.25) is 0 Å². The maximum Gasteiger partial charge on any atom is 0.269 e. The van der Waals surface area contributed by atoms with Crippen LogP contribution in [0.5, 0.6) is 5.75 Å². The molecule has 0 amide bonds. The van der Waals surface area contributed by atoms with Gasteiger partial charge in [-0.1, -0.05) is 0 Å². The van der Waals surface area contributed by atoms with Gasteiger partial charge in [0.25, 0.3) is 5.69 Å². The zero-order valence-corrected chi connectivity index (χ0v) is 13.3. The van der Waals surface area contributed by atoms with Gasteiger partial charge in [-0.05, 0) is 12.1 Å². The lowest BCUT2D eigenvalue weighted by Crippen LogP contribution is -2.13. The summed E-state index contributed by atoms with van der Waals surface area (Å²) < 4.78 is 26.1. The molecular weight excluding hydrogens is 306 g/mol. The molecule has 0 saturated heterocycles. The van der Waals surface area contributed by atoms with Crippen molar-refractivity contribution < 1.29 is 28.6 Å². The minimum absolute atomic E-state index is 0.0388. The summed E-state index contributed by atoms with van der Waals surface area (Å²) in [6, 6.07) is 5.92. The van der Waals surface area contributed by atoms with Crippen molar-refractivity contribution in [2.24, 2.45) is 0 Å². The van der Waals surface area contributed by atoms with Gasteiger partial charge in [0.15, 0.2) is 0 Å². The largest absolute Gasteiger partial charge is 0.491 e. The zero-order chi connectivity index (χ0) is 16.8. The quantitative estimate of drug-likeness (QED) is 0.291. The predicted molar refractivity (Wildman–Crippen MR) is 82.9 cm³/mol. The molecule has 0 saturated carbocycles. The summed E-state index contributed by atoms with van der Waals surface area (Å²) in [5, 5.41) is 10.5. The van der Waals surface area contributed by atoms with Gasteiger partial charge in [0, 0.05) is 19.2 Å². The Morgan fingerprint density at radius 1 is 0.826 bits per heavy atom. The van der Waals surface area contributed by atoms with E-state index in [0.29, 0.717) is 58.6 Å². The van der Waals surface area contributed by atoms with E-state index in [9.17, 15) is 10.1 Å². The predicted octanol–water partition coefficient (Wildman–Crippen LogP) is 1.67. The highest BCUT2D eigenvalue weighted by Gasteiger charge is 2.03. The van der Waals surface area contributed by atoms with Crippen LogP contribution in [0.25, 0.3) is 0 Å². The number of methoxy groups -OCH3 is 1. The highest BCUT2D eigenvalue weighted by atomic mass is 16.6. The monoisotopic (exact) mass is 329 g/mol. The Labute approximate surface area is 135 Å². The van der Waals surface area contributed by atoms with E-state index in [-0.39, 0.29) is 5.69 Å². The van der Waals surface area contributed by atoms with Crippen LogP contribution < -0.4 is 4.74 Å². The number of nitro benzene ring substituents is 1. The van der Waals surface area contributed by atoms with Gasteiger partial charge in [0.1, 0.15) is 12.4 Å². The number of hydrogen-bond acceptors (Lipinski definition) is 7. The lowest BCUT2D eigenvalue weighted by Gasteiger charge is -2.08. The number of ether oxygens (including phenoxy) is 5. The fraction of sp³-hybridized carbons (Fsp3) is 0.600. The van der Waals surface area contributed by atoms with E-state index in [1.807, 2.05) is 0 Å². The molecule has 1 aromatic rings. The van der Waals surface area contributed by atoms with Crippen LogP contribution in [0.3, 0.4) is 0 Å². The number of rotatable bonds is 14. The summed E-state index contributed by atoms with van der Waals surface area (Å²) in [6.45, 7) is 3.96. The third kappa shape index (κ3) is 9.80. The molecule has 0 spiro atoms. The Morgan fingerprint density at radius 2 is 1.30 bits per heavy atom. The van der Waals surface area contributed by atoms with E-state index >= 15 is 0 Å². The van der Waals surface area contributed by atoms with Gasteiger partial charge in [-0.15, -0.1) is 0 Å². The van der Waals surface area contributed by atoms with E-state index in [0.717, 1.165) is 0 Å². The van der Waals surface area contributed by atoms with Gasteiger partial charge >= 0.3 is 0 Å². The molecule has 23 heavy (non-hydrogen) atoms. The first-order valence-electron chi connectivity index (χ1n) is 7.33. The standard InChI is InChI=1S/C15H23NO7/c1-19-6-7-20-8-9-21-10-11-22-12-13-23-15-4-2-14(3-5-15)16(17)18/h2-5H,6-13H2,1H3. The smallest absolute Gasteiger partial charge is 0.269 e. The summed E-state index contributed by atoms with van der Waals surface area (Å²) in [5.74, 6) is 0.573. The van der Waals surface area contributed by atoms with Crippen molar-refractivity contribution in [1.82, 2.24) is 0 Å². The number of hydrogen-bond donors (Lipinski definition) is 0. The molecule has 8 nitrogen and oxygen atoms in total. The Bertz CT molecular complexity index is 424. The third-order valence-electron chi connectivity index (χ3n) is 2.72. The summed E-state index contributed by atoms with van der Waals surface area (Å²) >= 11 is 0. The molecule has 8 heteroatoms. The Hall–Kier alpha value is -1.74. The molecule has 0 N–H and O–H groups in total. The summed E-state index contributed by atoms with van der Waals surface area (Å²) in [4.78, 5) is 10.1. The Kier molecular flexibility index (Phi) is 10.7. The van der Waals surface area contributed by atoms with Gasteiger partial charge in [-0.25, -0.2) is 0 Å². The maximum absolute atomic E-state index is 10.5. The Morgan fingerprint density at radius 3 is 1.78 bits per heavy atom. The van der Waals surface area contributed by atoms with E-state index in [1.165, 1.54) is 12.1 Å². The summed E-state index contributed by atoms with van der Waals surface area (Å²) in [6.07, 6.45) is 0. The summed E-state index contributed by atoms with van der Waals surface area (Å²) in [5.41, 5.74) is 0.0388. The van der Waals surface area contributed by atoms with Crippen molar-refractivity contribution in [3.63, 3.8) is 0 Å². The van der Waals surface area contributed by atoms with Crippen molar-refractivity contribution in [3.8, 4) is 5.75 Å². The molecule has 0 aliphatic carbocycles. The van der Waals surface area contributed by atoms with Crippen molar-refractivity contribution >= 4 is 5.69 Å². The van der Waals surface area contributed by atoms with Gasteiger partial charge in [0.05, 0.1) is 51.2 Å². The maximum atomic E-state index is 10.5. The normalized spacial score (nSPS) is 10.7. The van der Waals surface area contributed by atoms with Crippen LogP contribution in [-0.4, -0.2) is 64.9 Å². The molecule has 0 aliphatic heterocycles. The van der Waals surface area contributed by atoms with Crippen LogP contribution >= 0.6 is 0 Å². The molecule has 1 aromatic carbocycles. The zero-order valence-electron chi connectivity index (χ0n) is 13.3. The van der Waals surface area contributed by atoms with Crippen molar-refractivity contribution in [3.05, 3.63) is 34.4 Å². The molecule has 0 aliphatic rings. The van der Waals surface area contributed by atoms with E-state index < -0.39 is 4.92 Å². The van der Waals surface area contributed by atoms with E-state index in [4.69, 9.17) is 23.7 Å². The minimum Gasteiger partial charge on any atom is -0.491 e. The topological polar surface area (TPSA) is 89.3 Å². The summed E-state index contributed by atoms with van der Waals surface area (Å²) in [7, 11) is 1.63. The van der Waals surface area contributed by atoms with Gasteiger partial charge in [-0.2, -0.15) is 0 Å². The number of benzene rings is 1. The number of nitrogens with zero attached hydrogens (tertiary/aromatic N) is 1. The lowest BCUT2D eigenvalue weighted by molar-refractivity contribution is -0.384. The molecule has 1 rings (SSSR count). The first-order valence-corrected chi connectivity index (χ1v) is 7.33. The molecule has 0 atom stereocenters. The van der Waals surface area contributed by atoms with Crippen LogP contribution in [-0.2, 0) is 18.9 Å². The van der Waals surface area contributed by atoms with Crippen LogP contribution in [0, 0.1) is 10.1 Å². The fourth-order valence-electron chi connectivity index (χ4n) is 1.57. The molecule has 0 unspecified atom stereocenters. The average molecular weight is 329 g/mol. The molecular formula is C15H23NO7. The molecule has 130 valence electrons. The van der Waals surface area contributed by atoms with Gasteiger partial charge < -0.3 is 23.7 Å². The molecule has 0 heterocycles. The highest BCUT2D eigenvalue weighted by Crippen LogP contribution is 2.16. The van der Waals surface area contributed by atoms with Crippen LogP contribution in [0.2, 0.25) is 0 Å². The average Bonchev–Trinajstić information content (AvgIpc) is 2.56. The molecule has 0 aromatic heterocycles. The van der Waals surface area contributed by atoms with Crippen molar-refractivity contribution in [2.45, 2.75) is 0 Å². The highest BCUT2D eigenvalue weighted by molar-refractivity contribution is 5.35. The second-order valence-electron chi connectivity index (χ2n) is 4.43. The molecule has 0 fully saturated rings. The first-order chi connectivity index (χ1) is 11.2. The Balaban J connectivity index is 1.90.